The van der Waals surface area contributed by atoms with Crippen LogP contribution in [-0.4, -0.2) is 46.9 Å². The van der Waals surface area contributed by atoms with Gasteiger partial charge in [-0.05, 0) is 25.1 Å². The predicted octanol–water partition coefficient (Wildman–Crippen LogP) is 2.54. The van der Waals surface area contributed by atoms with E-state index >= 15 is 0 Å². The molecule has 2 aromatic rings. The van der Waals surface area contributed by atoms with Crippen LogP contribution >= 0.6 is 0 Å². The number of carbonyl (C=O) groups excluding carboxylic acids is 1. The molecule has 9 heteroatoms. The number of aromatic nitrogens is 1. The average molecular weight is 362 g/mol. The lowest BCUT2D eigenvalue weighted by molar-refractivity contribution is -0.385. The van der Waals surface area contributed by atoms with Gasteiger partial charge < -0.3 is 9.80 Å². The maximum Gasteiger partial charge on any atom is 0.290 e. The molecular weight excluding hydrogens is 346 g/mol. The highest BCUT2D eigenvalue weighted by Crippen LogP contribution is 2.23. The van der Waals surface area contributed by atoms with Crippen molar-refractivity contribution < 1.29 is 18.5 Å². The number of carbonyl (C=O) groups is 1. The lowest BCUT2D eigenvalue weighted by Gasteiger charge is -2.35. The Hall–Kier alpha value is -3.10. The summed E-state index contributed by atoms with van der Waals surface area (Å²) in [5, 5.41) is 10.9. The van der Waals surface area contributed by atoms with Gasteiger partial charge in [0.25, 0.3) is 11.6 Å². The van der Waals surface area contributed by atoms with Crippen LogP contribution in [0.3, 0.4) is 0 Å². The van der Waals surface area contributed by atoms with Crippen molar-refractivity contribution >= 4 is 17.4 Å². The fourth-order valence-corrected chi connectivity index (χ4v) is 2.87. The minimum absolute atomic E-state index is 0.0469. The zero-order valence-corrected chi connectivity index (χ0v) is 14.0. The Labute approximate surface area is 148 Å². The second-order valence-corrected chi connectivity index (χ2v) is 5.99. The van der Waals surface area contributed by atoms with Gasteiger partial charge in [0.05, 0.1) is 10.5 Å². The summed E-state index contributed by atoms with van der Waals surface area (Å²) in [6.07, 6.45) is 1.22. The number of piperazine rings is 1. The summed E-state index contributed by atoms with van der Waals surface area (Å²) in [4.78, 5) is 30.3. The average Bonchev–Trinajstić information content (AvgIpc) is 2.61. The Kier molecular flexibility index (Phi) is 4.79. The van der Waals surface area contributed by atoms with E-state index in [1.165, 1.54) is 11.1 Å². The highest BCUT2D eigenvalue weighted by Gasteiger charge is 2.25. The van der Waals surface area contributed by atoms with Crippen LogP contribution in [0.1, 0.15) is 15.9 Å². The molecule has 1 aliphatic heterocycles. The summed E-state index contributed by atoms with van der Waals surface area (Å²) >= 11 is 0. The van der Waals surface area contributed by atoms with E-state index in [2.05, 4.69) is 4.98 Å². The number of anilines is 1. The minimum atomic E-state index is -0.884. The van der Waals surface area contributed by atoms with Crippen LogP contribution < -0.4 is 4.90 Å². The maximum atomic E-state index is 13.8. The molecule has 1 aromatic carbocycles. The monoisotopic (exact) mass is 362 g/mol. The second-order valence-electron chi connectivity index (χ2n) is 5.99. The van der Waals surface area contributed by atoms with E-state index in [0.29, 0.717) is 43.6 Å². The Balaban J connectivity index is 1.68. The number of aryl methyl sites for hydroxylation is 1. The van der Waals surface area contributed by atoms with Gasteiger partial charge in [-0.15, -0.1) is 0 Å². The fourth-order valence-electron chi connectivity index (χ4n) is 2.87. The molecule has 0 radical (unpaired) electrons. The van der Waals surface area contributed by atoms with Gasteiger partial charge in [-0.2, -0.15) is 0 Å². The van der Waals surface area contributed by atoms with Gasteiger partial charge in [-0.3, -0.25) is 14.9 Å². The molecule has 1 saturated heterocycles. The standard InChI is InChI=1S/C17H16F2N4O3/c1-11-8-16(20-10-15(11)23(25)26)21-4-6-22(7-5-21)17(24)13-3-2-12(18)9-14(13)19/h2-3,8-10H,4-7H2,1H3. The van der Waals surface area contributed by atoms with E-state index in [4.69, 9.17) is 0 Å². The van der Waals surface area contributed by atoms with E-state index in [1.54, 1.807) is 13.0 Å². The van der Waals surface area contributed by atoms with Gasteiger partial charge in [-0.25, -0.2) is 13.8 Å². The summed E-state index contributed by atoms with van der Waals surface area (Å²) in [6, 6.07) is 4.51. The maximum absolute atomic E-state index is 13.8. The van der Waals surface area contributed by atoms with E-state index in [-0.39, 0.29) is 11.3 Å². The van der Waals surface area contributed by atoms with E-state index < -0.39 is 22.5 Å². The molecule has 0 N–H and O–H groups in total. The van der Waals surface area contributed by atoms with Crippen LogP contribution in [-0.2, 0) is 0 Å². The fraction of sp³-hybridized carbons (Fsp3) is 0.294. The Bertz CT molecular complexity index is 867. The van der Waals surface area contributed by atoms with Gasteiger partial charge in [0.2, 0.25) is 0 Å². The third-order valence-electron chi connectivity index (χ3n) is 4.32. The second kappa shape index (κ2) is 7.03. The summed E-state index contributed by atoms with van der Waals surface area (Å²) in [5.74, 6) is -1.52. The van der Waals surface area contributed by atoms with Crippen LogP contribution in [0.15, 0.2) is 30.5 Å². The van der Waals surface area contributed by atoms with Crippen LogP contribution in [0.4, 0.5) is 20.3 Å². The third-order valence-corrected chi connectivity index (χ3v) is 4.32. The molecule has 2 heterocycles. The molecule has 0 aliphatic carbocycles. The molecule has 0 bridgehead atoms. The number of hydrogen-bond acceptors (Lipinski definition) is 5. The summed E-state index contributed by atoms with van der Waals surface area (Å²) in [7, 11) is 0. The van der Waals surface area contributed by atoms with Crippen molar-refractivity contribution in [1.82, 2.24) is 9.88 Å². The van der Waals surface area contributed by atoms with Crippen molar-refractivity contribution in [2.75, 3.05) is 31.1 Å². The van der Waals surface area contributed by atoms with Gasteiger partial charge in [0, 0.05) is 37.8 Å². The smallest absolute Gasteiger partial charge is 0.290 e. The molecular formula is C17H16F2N4O3. The van der Waals surface area contributed by atoms with Crippen molar-refractivity contribution in [3.63, 3.8) is 0 Å². The minimum Gasteiger partial charge on any atom is -0.353 e. The van der Waals surface area contributed by atoms with Gasteiger partial charge in [0.1, 0.15) is 23.6 Å². The molecule has 1 amide bonds. The Morgan fingerprint density at radius 2 is 1.88 bits per heavy atom. The summed E-state index contributed by atoms with van der Waals surface area (Å²) < 4.78 is 26.8. The first-order valence-electron chi connectivity index (χ1n) is 7.97. The van der Waals surface area contributed by atoms with Crippen molar-refractivity contribution in [1.29, 1.82) is 0 Å². The molecule has 1 aromatic heterocycles. The van der Waals surface area contributed by atoms with E-state index in [9.17, 15) is 23.7 Å². The number of pyridine rings is 1. The molecule has 3 rings (SSSR count). The number of nitrogens with zero attached hydrogens (tertiary/aromatic N) is 4. The first-order valence-corrected chi connectivity index (χ1v) is 7.97. The largest absolute Gasteiger partial charge is 0.353 e. The molecule has 0 spiro atoms. The van der Waals surface area contributed by atoms with Crippen LogP contribution in [0.2, 0.25) is 0 Å². The van der Waals surface area contributed by atoms with Gasteiger partial charge >= 0.3 is 0 Å². The quantitative estimate of drug-likeness (QED) is 0.619. The van der Waals surface area contributed by atoms with Crippen molar-refractivity contribution in [2.24, 2.45) is 0 Å². The number of halogens is 2. The number of hydrogen-bond donors (Lipinski definition) is 0. The molecule has 1 fully saturated rings. The zero-order chi connectivity index (χ0) is 18.8. The van der Waals surface area contributed by atoms with Gasteiger partial charge in [0.15, 0.2) is 0 Å². The molecule has 0 atom stereocenters. The highest BCUT2D eigenvalue weighted by molar-refractivity contribution is 5.94. The van der Waals surface area contributed by atoms with E-state index in [0.717, 1.165) is 12.1 Å². The number of amides is 1. The van der Waals surface area contributed by atoms with Crippen LogP contribution in [0, 0.1) is 28.7 Å². The SMILES string of the molecule is Cc1cc(N2CCN(C(=O)c3ccc(F)cc3F)CC2)ncc1[N+](=O)[O-]. The van der Waals surface area contributed by atoms with Crippen molar-refractivity contribution in [3.05, 3.63) is 63.3 Å². The first kappa shape index (κ1) is 17.7. The lowest BCUT2D eigenvalue weighted by Crippen LogP contribution is -2.49. The summed E-state index contributed by atoms with van der Waals surface area (Å²) in [6.45, 7) is 3.23. The molecule has 1 aliphatic rings. The predicted molar refractivity (Wildman–Crippen MR) is 90.1 cm³/mol. The third kappa shape index (κ3) is 3.46. The molecule has 0 unspecified atom stereocenters. The highest BCUT2D eigenvalue weighted by atomic mass is 19.1. The first-order chi connectivity index (χ1) is 12.4. The Morgan fingerprint density at radius 3 is 2.46 bits per heavy atom. The summed E-state index contributed by atoms with van der Waals surface area (Å²) in [5.41, 5.74) is 0.297. The topological polar surface area (TPSA) is 79.6 Å². The normalized spacial score (nSPS) is 14.4. The molecule has 0 saturated carbocycles. The molecule has 26 heavy (non-hydrogen) atoms. The lowest BCUT2D eigenvalue weighted by atomic mass is 10.1. The van der Waals surface area contributed by atoms with Gasteiger partial charge in [-0.1, -0.05) is 0 Å². The van der Waals surface area contributed by atoms with Crippen molar-refractivity contribution in [3.8, 4) is 0 Å². The Morgan fingerprint density at radius 1 is 1.19 bits per heavy atom. The number of nitro groups is 1. The number of benzene rings is 1. The molecule has 7 nitrogen and oxygen atoms in total. The van der Waals surface area contributed by atoms with E-state index in [1.807, 2.05) is 4.90 Å². The number of rotatable bonds is 3. The zero-order valence-electron chi connectivity index (χ0n) is 14.0. The van der Waals surface area contributed by atoms with Crippen LogP contribution in [0.25, 0.3) is 0 Å². The van der Waals surface area contributed by atoms with Crippen LogP contribution in [0.5, 0.6) is 0 Å². The molecule has 136 valence electrons. The van der Waals surface area contributed by atoms with Crippen molar-refractivity contribution in [2.45, 2.75) is 6.92 Å².